The molecule has 0 saturated carbocycles. The minimum atomic E-state index is -0.404. The standard InChI is InChI=1S/C23H30O3/c1-7-26-21(25)11-9-8-10-20(24)17-15-19-18(14-16(17)2)22(3,4)12-13-23(19,5)6/h8-11,14-15H,7,12-13H2,1-6H3/b10-8+,11-9+. The average Bonchev–Trinajstić information content (AvgIpc) is 2.56. The summed E-state index contributed by atoms with van der Waals surface area (Å²) in [5, 5.41) is 0. The van der Waals surface area contributed by atoms with Crippen LogP contribution in [-0.4, -0.2) is 18.4 Å². The molecule has 0 spiro atoms. The van der Waals surface area contributed by atoms with E-state index in [2.05, 4.69) is 39.8 Å². The highest BCUT2D eigenvalue weighted by molar-refractivity contribution is 6.06. The van der Waals surface area contributed by atoms with Gasteiger partial charge in [-0.3, -0.25) is 4.79 Å². The number of rotatable bonds is 5. The number of ether oxygens (including phenoxy) is 1. The number of aryl methyl sites for hydroxylation is 1. The van der Waals surface area contributed by atoms with Crippen LogP contribution in [0, 0.1) is 6.92 Å². The number of hydrogen-bond donors (Lipinski definition) is 0. The second kappa shape index (κ2) is 7.61. The van der Waals surface area contributed by atoms with Crippen LogP contribution in [-0.2, 0) is 20.4 Å². The molecule has 0 saturated heterocycles. The zero-order chi connectivity index (χ0) is 19.5. The molecule has 2 rings (SSSR count). The van der Waals surface area contributed by atoms with E-state index in [0.717, 1.165) is 24.0 Å². The Bertz CT molecular complexity index is 764. The summed E-state index contributed by atoms with van der Waals surface area (Å²) >= 11 is 0. The van der Waals surface area contributed by atoms with E-state index in [9.17, 15) is 9.59 Å². The fourth-order valence-corrected chi connectivity index (χ4v) is 3.54. The monoisotopic (exact) mass is 354 g/mol. The van der Waals surface area contributed by atoms with Gasteiger partial charge >= 0.3 is 5.97 Å². The van der Waals surface area contributed by atoms with Crippen LogP contribution in [0.1, 0.15) is 74.5 Å². The molecular formula is C23H30O3. The average molecular weight is 354 g/mol. The van der Waals surface area contributed by atoms with Crippen molar-refractivity contribution < 1.29 is 14.3 Å². The Morgan fingerprint density at radius 1 is 1.00 bits per heavy atom. The highest BCUT2D eigenvalue weighted by atomic mass is 16.5. The van der Waals surface area contributed by atoms with E-state index in [1.54, 1.807) is 13.0 Å². The molecular weight excluding hydrogens is 324 g/mol. The van der Waals surface area contributed by atoms with E-state index in [1.165, 1.54) is 29.4 Å². The lowest BCUT2D eigenvalue weighted by Gasteiger charge is -2.42. The van der Waals surface area contributed by atoms with Gasteiger partial charge in [0.25, 0.3) is 0 Å². The highest BCUT2D eigenvalue weighted by Gasteiger charge is 2.37. The molecule has 0 unspecified atom stereocenters. The van der Waals surface area contributed by atoms with Gasteiger partial charge in [0.15, 0.2) is 5.78 Å². The minimum Gasteiger partial charge on any atom is -0.463 e. The van der Waals surface area contributed by atoms with E-state index in [0.29, 0.717) is 6.61 Å². The molecule has 0 aromatic heterocycles. The topological polar surface area (TPSA) is 43.4 Å². The third-order valence-corrected chi connectivity index (χ3v) is 5.34. The minimum absolute atomic E-state index is 0.0435. The molecule has 1 aliphatic carbocycles. The Morgan fingerprint density at radius 2 is 1.54 bits per heavy atom. The van der Waals surface area contributed by atoms with Gasteiger partial charge < -0.3 is 4.74 Å². The van der Waals surface area contributed by atoms with Gasteiger partial charge in [0.2, 0.25) is 0 Å². The molecule has 3 nitrogen and oxygen atoms in total. The lowest BCUT2D eigenvalue weighted by molar-refractivity contribution is -0.137. The van der Waals surface area contributed by atoms with Gasteiger partial charge in [-0.15, -0.1) is 0 Å². The van der Waals surface area contributed by atoms with Gasteiger partial charge in [-0.2, -0.15) is 0 Å². The summed E-state index contributed by atoms with van der Waals surface area (Å²) < 4.78 is 4.81. The molecule has 0 aliphatic heterocycles. The third-order valence-electron chi connectivity index (χ3n) is 5.34. The van der Waals surface area contributed by atoms with E-state index >= 15 is 0 Å². The van der Waals surface area contributed by atoms with Crippen LogP contribution < -0.4 is 0 Å². The Balaban J connectivity index is 2.31. The summed E-state index contributed by atoms with van der Waals surface area (Å²) in [6.45, 7) is 13.2. The number of esters is 1. The summed E-state index contributed by atoms with van der Waals surface area (Å²) in [4.78, 5) is 23.9. The summed E-state index contributed by atoms with van der Waals surface area (Å²) in [6, 6.07) is 4.26. The van der Waals surface area contributed by atoms with Crippen molar-refractivity contribution in [3.8, 4) is 0 Å². The van der Waals surface area contributed by atoms with Crippen LogP contribution in [0.2, 0.25) is 0 Å². The van der Waals surface area contributed by atoms with Gasteiger partial charge in [0.05, 0.1) is 6.61 Å². The Kier molecular flexibility index (Phi) is 5.90. The molecule has 0 atom stereocenters. The maximum Gasteiger partial charge on any atom is 0.330 e. The van der Waals surface area contributed by atoms with Gasteiger partial charge in [-0.05, 0) is 66.4 Å². The van der Waals surface area contributed by atoms with Crippen LogP contribution in [0.3, 0.4) is 0 Å². The summed E-state index contributed by atoms with van der Waals surface area (Å²) in [6.07, 6.45) is 8.22. The van der Waals surface area contributed by atoms with Crippen molar-refractivity contribution in [2.24, 2.45) is 0 Å². The van der Waals surface area contributed by atoms with Crippen molar-refractivity contribution in [1.29, 1.82) is 0 Å². The number of carbonyl (C=O) groups is 2. The number of benzene rings is 1. The third kappa shape index (κ3) is 4.32. The molecule has 0 heterocycles. The molecule has 140 valence electrons. The van der Waals surface area contributed by atoms with Crippen molar-refractivity contribution in [3.63, 3.8) is 0 Å². The molecule has 26 heavy (non-hydrogen) atoms. The highest BCUT2D eigenvalue weighted by Crippen LogP contribution is 2.46. The summed E-state index contributed by atoms with van der Waals surface area (Å²) in [5.74, 6) is -0.448. The van der Waals surface area contributed by atoms with E-state index in [1.807, 2.05) is 6.92 Å². The smallest absolute Gasteiger partial charge is 0.330 e. The van der Waals surface area contributed by atoms with Crippen LogP contribution in [0.25, 0.3) is 0 Å². The molecule has 0 bridgehead atoms. The quantitative estimate of drug-likeness (QED) is 0.316. The zero-order valence-electron chi connectivity index (χ0n) is 16.8. The number of ketones is 1. The van der Waals surface area contributed by atoms with Crippen LogP contribution in [0.15, 0.2) is 36.4 Å². The predicted octanol–water partition coefficient (Wildman–Crippen LogP) is 5.20. The van der Waals surface area contributed by atoms with Crippen molar-refractivity contribution in [3.05, 3.63) is 58.7 Å². The first kappa shape index (κ1) is 20.2. The predicted molar refractivity (Wildman–Crippen MR) is 106 cm³/mol. The first-order valence-corrected chi connectivity index (χ1v) is 9.30. The Morgan fingerprint density at radius 3 is 2.12 bits per heavy atom. The lowest BCUT2D eigenvalue weighted by Crippen LogP contribution is -2.34. The van der Waals surface area contributed by atoms with Gasteiger partial charge in [0, 0.05) is 11.6 Å². The molecule has 0 radical (unpaired) electrons. The van der Waals surface area contributed by atoms with Crippen LogP contribution >= 0.6 is 0 Å². The SMILES string of the molecule is CCOC(=O)/C=C/C=C/C(=O)c1cc2c(cc1C)C(C)(C)CCC2(C)C. The second-order valence-corrected chi connectivity index (χ2v) is 8.32. The maximum absolute atomic E-state index is 12.7. The zero-order valence-corrected chi connectivity index (χ0v) is 16.8. The molecule has 1 aromatic carbocycles. The molecule has 1 aliphatic rings. The first-order valence-electron chi connectivity index (χ1n) is 9.30. The normalized spacial score (nSPS) is 18.1. The largest absolute Gasteiger partial charge is 0.463 e. The van der Waals surface area contributed by atoms with Crippen molar-refractivity contribution >= 4 is 11.8 Å². The molecule has 1 aromatic rings. The van der Waals surface area contributed by atoms with Crippen molar-refractivity contribution in [2.75, 3.05) is 6.61 Å². The first-order chi connectivity index (χ1) is 12.1. The molecule has 3 heteroatoms. The van der Waals surface area contributed by atoms with Crippen molar-refractivity contribution in [2.45, 2.75) is 65.2 Å². The van der Waals surface area contributed by atoms with Gasteiger partial charge in [-0.1, -0.05) is 45.9 Å². The molecule has 0 fully saturated rings. The number of carbonyl (C=O) groups excluding carboxylic acids is 2. The molecule has 0 N–H and O–H groups in total. The molecule has 0 amide bonds. The van der Waals surface area contributed by atoms with Crippen LogP contribution in [0.5, 0.6) is 0 Å². The van der Waals surface area contributed by atoms with Crippen LogP contribution in [0.4, 0.5) is 0 Å². The Labute approximate surface area is 157 Å². The number of allylic oxidation sites excluding steroid dienone is 3. The summed E-state index contributed by atoms with van der Waals surface area (Å²) in [5.41, 5.74) is 4.57. The van der Waals surface area contributed by atoms with E-state index < -0.39 is 5.97 Å². The number of hydrogen-bond acceptors (Lipinski definition) is 3. The van der Waals surface area contributed by atoms with E-state index in [-0.39, 0.29) is 16.6 Å². The van der Waals surface area contributed by atoms with E-state index in [4.69, 9.17) is 4.74 Å². The van der Waals surface area contributed by atoms with Crippen molar-refractivity contribution in [1.82, 2.24) is 0 Å². The fraction of sp³-hybridized carbons (Fsp3) is 0.478. The van der Waals surface area contributed by atoms with Gasteiger partial charge in [0.1, 0.15) is 0 Å². The second-order valence-electron chi connectivity index (χ2n) is 8.32. The Hall–Kier alpha value is -2.16. The van der Waals surface area contributed by atoms with Gasteiger partial charge in [-0.25, -0.2) is 4.79 Å². The maximum atomic E-state index is 12.7. The fourth-order valence-electron chi connectivity index (χ4n) is 3.54. The summed E-state index contributed by atoms with van der Waals surface area (Å²) in [7, 11) is 0. The number of fused-ring (bicyclic) bond motifs is 1. The lowest BCUT2D eigenvalue weighted by atomic mass is 9.62.